The van der Waals surface area contributed by atoms with E-state index < -0.39 is 0 Å². The second-order valence-corrected chi connectivity index (χ2v) is 16.9. The fraction of sp³-hybridized carbons (Fsp3) is 0.388. The highest BCUT2D eigenvalue weighted by Crippen LogP contribution is 2.49. The highest BCUT2D eigenvalue weighted by atomic mass is 127. The van der Waals surface area contributed by atoms with Gasteiger partial charge in [-0.3, -0.25) is 0 Å². The van der Waals surface area contributed by atoms with Crippen molar-refractivity contribution in [2.24, 2.45) is 17.8 Å². The lowest BCUT2D eigenvalue weighted by Gasteiger charge is -2.47. The highest BCUT2D eigenvalue weighted by molar-refractivity contribution is 14.1. The molecule has 3 heteroatoms. The number of nitrogens with zero attached hydrogens (tertiary/aromatic N) is 1. The SMILES string of the molecule is C=CC[C@@H]([C@H](C)CC)[C@H](C)/C(=C/C(=C)NC(I)CC)N1c2ccc(cc2)-c2ccc(cc2)C(C)(CC)C(C)(CC)c2ccc(cc2)-c2ccc1cc2. The van der Waals surface area contributed by atoms with Crippen molar-refractivity contribution in [3.8, 4) is 22.3 Å². The van der Waals surface area contributed by atoms with Crippen LogP contribution < -0.4 is 10.2 Å². The van der Waals surface area contributed by atoms with Crippen LogP contribution in [0.1, 0.15) is 98.6 Å². The Morgan fingerprint density at radius 2 is 1.10 bits per heavy atom. The molecule has 4 aromatic rings. The van der Waals surface area contributed by atoms with E-state index in [1.54, 1.807) is 0 Å². The molecular formula is C49H61IN2. The summed E-state index contributed by atoms with van der Waals surface area (Å²) in [4.78, 5) is 2.47. The van der Waals surface area contributed by atoms with Gasteiger partial charge in [0, 0.05) is 39.5 Å². The molecule has 0 amide bonds. The molecule has 0 fully saturated rings. The molecule has 0 saturated carbocycles. The molecule has 274 valence electrons. The lowest BCUT2D eigenvalue weighted by molar-refractivity contribution is 0.235. The van der Waals surface area contributed by atoms with Gasteiger partial charge in [0.15, 0.2) is 0 Å². The van der Waals surface area contributed by atoms with E-state index in [2.05, 4.69) is 211 Å². The summed E-state index contributed by atoms with van der Waals surface area (Å²) in [5.74, 6) is 1.20. The molecule has 8 bridgehead atoms. The van der Waals surface area contributed by atoms with Crippen molar-refractivity contribution in [1.82, 2.24) is 5.32 Å². The largest absolute Gasteiger partial charge is 0.374 e. The number of halogens is 1. The molecule has 52 heavy (non-hydrogen) atoms. The molecule has 1 N–H and O–H groups in total. The molecule has 3 unspecified atom stereocenters. The van der Waals surface area contributed by atoms with Crippen LogP contribution >= 0.6 is 22.6 Å². The van der Waals surface area contributed by atoms with Gasteiger partial charge in [-0.25, -0.2) is 0 Å². The lowest BCUT2D eigenvalue weighted by Crippen LogP contribution is -2.44. The molecule has 0 spiro atoms. The van der Waals surface area contributed by atoms with Gasteiger partial charge in [-0.15, -0.1) is 6.58 Å². The Bertz CT molecular complexity index is 1720. The molecule has 0 aliphatic carbocycles. The van der Waals surface area contributed by atoms with Crippen LogP contribution in [0.3, 0.4) is 0 Å². The van der Waals surface area contributed by atoms with Crippen LogP contribution in [0.5, 0.6) is 0 Å². The minimum absolute atomic E-state index is 0.0256. The fourth-order valence-corrected chi connectivity index (χ4v) is 8.91. The van der Waals surface area contributed by atoms with Crippen molar-refractivity contribution in [2.75, 3.05) is 4.90 Å². The molecule has 6 atom stereocenters. The Labute approximate surface area is 329 Å². The number of benzene rings is 4. The first kappa shape index (κ1) is 39.6. The number of hydrogen-bond acceptors (Lipinski definition) is 2. The Balaban J connectivity index is 1.75. The second kappa shape index (κ2) is 17.1. The van der Waals surface area contributed by atoms with Gasteiger partial charge in [0.25, 0.3) is 0 Å². The number of allylic oxidation sites excluding steroid dienone is 3. The summed E-state index contributed by atoms with van der Waals surface area (Å²) >= 11 is 2.47. The summed E-state index contributed by atoms with van der Waals surface area (Å²) in [6.45, 7) is 27.6. The van der Waals surface area contributed by atoms with E-state index in [1.807, 2.05) is 0 Å². The van der Waals surface area contributed by atoms with Crippen LogP contribution in [0.2, 0.25) is 0 Å². The molecule has 11 rings (SSSR count). The lowest BCUT2D eigenvalue weighted by atomic mass is 9.56. The summed E-state index contributed by atoms with van der Waals surface area (Å²) in [5.41, 5.74) is 12.1. The normalized spacial score (nSPS) is 20.9. The zero-order chi connectivity index (χ0) is 37.6. The third-order valence-corrected chi connectivity index (χ3v) is 14.0. The number of alkyl halides is 1. The average Bonchev–Trinajstić information content (AvgIpc) is 3.18. The molecule has 0 radical (unpaired) electrons. The first-order chi connectivity index (χ1) is 24.9. The highest BCUT2D eigenvalue weighted by Gasteiger charge is 2.44. The zero-order valence-corrected chi connectivity index (χ0v) is 35.1. The van der Waals surface area contributed by atoms with Crippen LogP contribution in [-0.2, 0) is 10.8 Å². The van der Waals surface area contributed by atoms with Crippen LogP contribution in [0.15, 0.2) is 134 Å². The standard InChI is InChI=1S/C49H61IN2/c1-11-16-45(34(6)12-2)36(8)46(33-35(7)51-47(50)13-3)52-43-29-21-39(22-30-43)37-17-25-41(26-18-37)48(9,14-4)49(10,15-5)42-27-19-38(20-28-42)40-23-31-44(52)32-24-40/h11,17-34,36,45,47,51H,1,7,12-16H2,2-6,8-10H3/b46-33-/t34-,36+,45+,47?,48?,49?/m1/s1. The smallest absolute Gasteiger partial charge is 0.0778 e. The van der Waals surface area contributed by atoms with E-state index in [4.69, 9.17) is 0 Å². The van der Waals surface area contributed by atoms with Gasteiger partial charge in [-0.05, 0) is 101 Å². The monoisotopic (exact) mass is 804 g/mol. The van der Waals surface area contributed by atoms with Crippen LogP contribution in [0.25, 0.3) is 22.3 Å². The minimum Gasteiger partial charge on any atom is -0.374 e. The van der Waals surface area contributed by atoms with Crippen LogP contribution in [-0.4, -0.2) is 4.05 Å². The van der Waals surface area contributed by atoms with Gasteiger partial charge in [0.05, 0.1) is 4.05 Å². The van der Waals surface area contributed by atoms with E-state index in [-0.39, 0.29) is 16.7 Å². The molecule has 7 aliphatic heterocycles. The van der Waals surface area contributed by atoms with E-state index in [9.17, 15) is 0 Å². The summed E-state index contributed by atoms with van der Waals surface area (Å²) < 4.78 is 0.308. The molecule has 0 saturated heterocycles. The van der Waals surface area contributed by atoms with E-state index in [1.165, 1.54) is 39.1 Å². The summed E-state index contributed by atoms with van der Waals surface area (Å²) in [6.07, 6.45) is 9.62. The topological polar surface area (TPSA) is 15.3 Å². The Morgan fingerprint density at radius 1 is 0.692 bits per heavy atom. The molecule has 2 nitrogen and oxygen atoms in total. The molecular weight excluding hydrogens is 743 g/mol. The van der Waals surface area contributed by atoms with Gasteiger partial charge in [-0.2, -0.15) is 0 Å². The minimum atomic E-state index is -0.0256. The Hall–Kier alpha value is -3.57. The Morgan fingerprint density at radius 3 is 1.44 bits per heavy atom. The zero-order valence-electron chi connectivity index (χ0n) is 33.0. The van der Waals surface area contributed by atoms with Crippen LogP contribution in [0, 0.1) is 17.8 Å². The molecule has 7 aliphatic rings. The number of anilines is 2. The molecule has 7 heterocycles. The van der Waals surface area contributed by atoms with Crippen molar-refractivity contribution >= 4 is 34.0 Å². The van der Waals surface area contributed by atoms with Gasteiger partial charge in [-0.1, -0.05) is 170 Å². The maximum Gasteiger partial charge on any atom is 0.0778 e. The predicted octanol–water partition coefficient (Wildman–Crippen LogP) is 14.5. The fourth-order valence-electron chi connectivity index (χ4n) is 8.51. The first-order valence-electron chi connectivity index (χ1n) is 19.6. The maximum atomic E-state index is 4.53. The number of hydrogen-bond donors (Lipinski definition) is 1. The molecule has 0 aromatic heterocycles. The molecule has 4 aromatic carbocycles. The van der Waals surface area contributed by atoms with E-state index in [0.717, 1.165) is 49.2 Å². The summed E-state index contributed by atoms with van der Waals surface area (Å²) in [5, 5.41) is 3.65. The van der Waals surface area contributed by atoms with Gasteiger partial charge >= 0.3 is 0 Å². The van der Waals surface area contributed by atoms with Gasteiger partial charge < -0.3 is 10.2 Å². The van der Waals surface area contributed by atoms with E-state index >= 15 is 0 Å². The maximum absolute atomic E-state index is 4.53. The predicted molar refractivity (Wildman–Crippen MR) is 237 cm³/mol. The first-order valence-corrected chi connectivity index (χ1v) is 20.8. The third kappa shape index (κ3) is 7.86. The number of nitrogens with one attached hydrogen (secondary N) is 1. The van der Waals surface area contributed by atoms with Crippen molar-refractivity contribution in [3.05, 3.63) is 145 Å². The summed E-state index contributed by atoms with van der Waals surface area (Å²) in [6, 6.07) is 37.1. The second-order valence-electron chi connectivity index (χ2n) is 15.4. The number of rotatable bonds is 13. The van der Waals surface area contributed by atoms with Crippen molar-refractivity contribution < 1.29 is 0 Å². The third-order valence-electron chi connectivity index (χ3n) is 12.8. The van der Waals surface area contributed by atoms with Gasteiger partial charge in [0.2, 0.25) is 0 Å². The van der Waals surface area contributed by atoms with E-state index in [0.29, 0.717) is 15.9 Å². The van der Waals surface area contributed by atoms with Gasteiger partial charge in [0.1, 0.15) is 0 Å². The quantitative estimate of drug-likeness (QED) is 0.0476. The van der Waals surface area contributed by atoms with Crippen molar-refractivity contribution in [2.45, 2.75) is 102 Å². The summed E-state index contributed by atoms with van der Waals surface area (Å²) in [7, 11) is 0. The van der Waals surface area contributed by atoms with Crippen LogP contribution in [0.4, 0.5) is 11.4 Å². The average molecular weight is 805 g/mol. The van der Waals surface area contributed by atoms with Crippen molar-refractivity contribution in [1.29, 1.82) is 0 Å². The Kier molecular flexibility index (Phi) is 13.0. The van der Waals surface area contributed by atoms with Crippen molar-refractivity contribution in [3.63, 3.8) is 0 Å².